The van der Waals surface area contributed by atoms with E-state index in [-0.39, 0.29) is 24.4 Å². The molecule has 1 aliphatic rings. The van der Waals surface area contributed by atoms with Gasteiger partial charge in [0.2, 0.25) is 0 Å². The summed E-state index contributed by atoms with van der Waals surface area (Å²) >= 11 is 0. The Kier molecular flexibility index (Phi) is 4.60. The minimum Gasteiger partial charge on any atom is -0.484 e. The fourth-order valence-corrected chi connectivity index (χ4v) is 2.23. The van der Waals surface area contributed by atoms with Crippen molar-refractivity contribution in [1.82, 2.24) is 0 Å². The largest absolute Gasteiger partial charge is 0.484 e. The number of carbonyl (C=O) groups excluding carboxylic acids is 2. The quantitative estimate of drug-likeness (QED) is 0.915. The molecule has 0 spiro atoms. The van der Waals surface area contributed by atoms with Gasteiger partial charge < -0.3 is 14.8 Å². The highest BCUT2D eigenvalue weighted by Gasteiger charge is 2.23. The van der Waals surface area contributed by atoms with Gasteiger partial charge in [-0.3, -0.25) is 9.69 Å². The highest BCUT2D eigenvalue weighted by molar-refractivity contribution is 5.93. The molecule has 7 heteroatoms. The highest BCUT2D eigenvalue weighted by Crippen LogP contribution is 2.21. The van der Waals surface area contributed by atoms with Crippen LogP contribution in [0.25, 0.3) is 0 Å². The van der Waals surface area contributed by atoms with Crippen LogP contribution < -0.4 is 15.0 Å². The van der Waals surface area contributed by atoms with Crippen LogP contribution in [0.3, 0.4) is 0 Å². The molecule has 1 N–H and O–H groups in total. The number of hydrogen-bond donors (Lipinski definition) is 1. The van der Waals surface area contributed by atoms with Gasteiger partial charge in [0.05, 0.1) is 6.54 Å². The molecule has 24 heavy (non-hydrogen) atoms. The third-order valence-electron chi connectivity index (χ3n) is 3.41. The van der Waals surface area contributed by atoms with E-state index in [9.17, 15) is 14.0 Å². The number of ether oxygens (including phenoxy) is 2. The van der Waals surface area contributed by atoms with Crippen LogP contribution in [-0.4, -0.2) is 31.8 Å². The molecule has 1 saturated heterocycles. The van der Waals surface area contributed by atoms with Gasteiger partial charge in [0.25, 0.3) is 5.91 Å². The van der Waals surface area contributed by atoms with Crippen LogP contribution in [0.15, 0.2) is 48.5 Å². The van der Waals surface area contributed by atoms with E-state index in [0.29, 0.717) is 30.3 Å². The van der Waals surface area contributed by atoms with Crippen molar-refractivity contribution < 1.29 is 23.5 Å². The van der Waals surface area contributed by atoms with Crippen molar-refractivity contribution in [3.8, 4) is 5.75 Å². The lowest BCUT2D eigenvalue weighted by atomic mass is 10.2. The maximum atomic E-state index is 12.8. The van der Waals surface area contributed by atoms with E-state index in [2.05, 4.69) is 5.32 Å². The van der Waals surface area contributed by atoms with E-state index in [1.807, 2.05) is 0 Å². The zero-order valence-electron chi connectivity index (χ0n) is 12.7. The summed E-state index contributed by atoms with van der Waals surface area (Å²) in [6.45, 7) is 0.694. The molecular weight excluding hydrogens is 315 g/mol. The first-order valence-corrected chi connectivity index (χ1v) is 7.34. The van der Waals surface area contributed by atoms with E-state index in [0.717, 1.165) is 0 Å². The number of nitrogens with zero attached hydrogens (tertiary/aromatic N) is 1. The first-order chi connectivity index (χ1) is 11.6. The van der Waals surface area contributed by atoms with Crippen LogP contribution in [0.5, 0.6) is 5.75 Å². The lowest BCUT2D eigenvalue weighted by Gasteiger charge is -2.13. The summed E-state index contributed by atoms with van der Waals surface area (Å²) in [6.07, 6.45) is -0.375. The van der Waals surface area contributed by atoms with E-state index in [1.54, 1.807) is 24.3 Å². The summed E-state index contributed by atoms with van der Waals surface area (Å²) in [5.41, 5.74) is 1.29. The summed E-state index contributed by atoms with van der Waals surface area (Å²) in [5.74, 6) is -0.295. The van der Waals surface area contributed by atoms with E-state index >= 15 is 0 Å². The number of nitrogens with one attached hydrogen (secondary N) is 1. The minimum absolute atomic E-state index is 0.189. The van der Waals surface area contributed by atoms with E-state index in [1.165, 1.54) is 29.2 Å². The second-order valence-corrected chi connectivity index (χ2v) is 5.10. The Hall–Kier alpha value is -3.09. The average molecular weight is 330 g/mol. The third-order valence-corrected chi connectivity index (χ3v) is 3.41. The average Bonchev–Trinajstić information content (AvgIpc) is 3.01. The molecule has 2 amide bonds. The summed E-state index contributed by atoms with van der Waals surface area (Å²) in [7, 11) is 0. The molecule has 6 nitrogen and oxygen atoms in total. The number of anilines is 2. The smallest absolute Gasteiger partial charge is 0.414 e. The fraction of sp³-hybridized carbons (Fsp3) is 0.176. The summed E-state index contributed by atoms with van der Waals surface area (Å²) in [4.78, 5) is 24.8. The van der Waals surface area contributed by atoms with Crippen LogP contribution >= 0.6 is 0 Å². The van der Waals surface area contributed by atoms with Crippen LogP contribution in [0, 0.1) is 5.82 Å². The topological polar surface area (TPSA) is 67.9 Å². The molecule has 2 aromatic carbocycles. The first-order valence-electron chi connectivity index (χ1n) is 7.34. The molecule has 0 bridgehead atoms. The van der Waals surface area contributed by atoms with E-state index < -0.39 is 0 Å². The molecule has 0 radical (unpaired) electrons. The Morgan fingerprint density at radius 2 is 1.88 bits per heavy atom. The van der Waals surface area contributed by atoms with Gasteiger partial charge in [0, 0.05) is 11.4 Å². The molecule has 124 valence electrons. The number of cyclic esters (lactones) is 1. The van der Waals surface area contributed by atoms with Crippen molar-refractivity contribution in [3.05, 3.63) is 54.3 Å². The normalized spacial score (nSPS) is 13.5. The second-order valence-electron chi connectivity index (χ2n) is 5.10. The SMILES string of the molecule is O=C(COc1ccc(F)cc1)Nc1ccc(N2CCOC2=O)cc1. The first kappa shape index (κ1) is 15.8. The van der Waals surface area contributed by atoms with Gasteiger partial charge in [-0.2, -0.15) is 0 Å². The number of hydrogen-bond acceptors (Lipinski definition) is 4. The Morgan fingerprint density at radius 1 is 1.17 bits per heavy atom. The van der Waals surface area contributed by atoms with Crippen molar-refractivity contribution >= 4 is 23.4 Å². The predicted octanol–water partition coefficient (Wildman–Crippen LogP) is 2.80. The molecule has 1 heterocycles. The molecule has 1 aliphatic heterocycles. The summed E-state index contributed by atoms with van der Waals surface area (Å²) in [6, 6.07) is 12.3. The van der Waals surface area contributed by atoms with Gasteiger partial charge in [0.1, 0.15) is 18.2 Å². The molecular formula is C17H15FN2O4. The van der Waals surface area contributed by atoms with Crippen LogP contribution in [-0.2, 0) is 9.53 Å². The fourth-order valence-electron chi connectivity index (χ4n) is 2.23. The third kappa shape index (κ3) is 3.81. The minimum atomic E-state index is -0.375. The highest BCUT2D eigenvalue weighted by atomic mass is 19.1. The Bertz CT molecular complexity index is 731. The molecule has 2 aromatic rings. The zero-order valence-corrected chi connectivity index (χ0v) is 12.7. The maximum Gasteiger partial charge on any atom is 0.414 e. The maximum absolute atomic E-state index is 12.8. The van der Waals surface area contributed by atoms with Gasteiger partial charge in [-0.1, -0.05) is 0 Å². The Labute approximate surface area is 137 Å². The summed E-state index contributed by atoms with van der Waals surface area (Å²) in [5, 5.41) is 2.68. The van der Waals surface area contributed by atoms with Gasteiger partial charge in [0.15, 0.2) is 6.61 Å². The number of carbonyl (C=O) groups is 2. The van der Waals surface area contributed by atoms with Crippen molar-refractivity contribution in [3.63, 3.8) is 0 Å². The van der Waals surface area contributed by atoms with Crippen LogP contribution in [0.4, 0.5) is 20.6 Å². The van der Waals surface area contributed by atoms with Crippen LogP contribution in [0.1, 0.15) is 0 Å². The Morgan fingerprint density at radius 3 is 2.50 bits per heavy atom. The lowest BCUT2D eigenvalue weighted by Crippen LogP contribution is -2.23. The second kappa shape index (κ2) is 6.99. The van der Waals surface area contributed by atoms with Crippen molar-refractivity contribution in [2.75, 3.05) is 30.0 Å². The molecule has 0 unspecified atom stereocenters. The van der Waals surface area contributed by atoms with Gasteiger partial charge in [-0.15, -0.1) is 0 Å². The predicted molar refractivity (Wildman–Crippen MR) is 85.7 cm³/mol. The van der Waals surface area contributed by atoms with E-state index in [4.69, 9.17) is 9.47 Å². The van der Waals surface area contributed by atoms with Gasteiger partial charge >= 0.3 is 6.09 Å². The van der Waals surface area contributed by atoms with Gasteiger partial charge in [-0.25, -0.2) is 9.18 Å². The standard InChI is InChI=1S/C17H15FN2O4/c18-12-1-7-15(8-2-12)24-11-16(21)19-13-3-5-14(6-4-13)20-9-10-23-17(20)22/h1-8H,9-11H2,(H,19,21). The number of amides is 2. The number of rotatable bonds is 5. The number of halogens is 1. The van der Waals surface area contributed by atoms with Crippen LogP contribution in [0.2, 0.25) is 0 Å². The molecule has 0 saturated carbocycles. The number of benzene rings is 2. The molecule has 1 fully saturated rings. The molecule has 0 aromatic heterocycles. The molecule has 3 rings (SSSR count). The lowest BCUT2D eigenvalue weighted by molar-refractivity contribution is -0.118. The van der Waals surface area contributed by atoms with Gasteiger partial charge in [-0.05, 0) is 48.5 Å². The van der Waals surface area contributed by atoms with Crippen molar-refractivity contribution in [2.24, 2.45) is 0 Å². The van der Waals surface area contributed by atoms with Crippen molar-refractivity contribution in [1.29, 1.82) is 0 Å². The van der Waals surface area contributed by atoms with Crippen molar-refractivity contribution in [2.45, 2.75) is 0 Å². The Balaban J connectivity index is 1.52. The molecule has 0 atom stereocenters. The monoisotopic (exact) mass is 330 g/mol. The summed E-state index contributed by atoms with van der Waals surface area (Å²) < 4.78 is 22.9. The molecule has 0 aliphatic carbocycles. The zero-order chi connectivity index (χ0) is 16.9.